The Morgan fingerprint density at radius 2 is 1.67 bits per heavy atom. The van der Waals surface area contributed by atoms with Gasteiger partial charge in [0.1, 0.15) is 0 Å². The first-order chi connectivity index (χ1) is 7.35. The van der Waals surface area contributed by atoms with Gasteiger partial charge in [0, 0.05) is 6.04 Å². The van der Waals surface area contributed by atoms with Crippen LogP contribution in [-0.2, 0) is 0 Å². The van der Waals surface area contributed by atoms with Gasteiger partial charge < -0.3 is 10.6 Å². The van der Waals surface area contributed by atoms with Crippen molar-refractivity contribution in [3.63, 3.8) is 0 Å². The van der Waals surface area contributed by atoms with Gasteiger partial charge in [0.05, 0.1) is 0 Å². The summed E-state index contributed by atoms with van der Waals surface area (Å²) < 4.78 is 0. The van der Waals surface area contributed by atoms with E-state index in [4.69, 9.17) is 0 Å². The summed E-state index contributed by atoms with van der Waals surface area (Å²) in [6, 6.07) is 0.866. The minimum atomic E-state index is 0.866. The summed E-state index contributed by atoms with van der Waals surface area (Å²) in [6.07, 6.45) is 9.59. The number of nitrogens with one attached hydrogen (secondary N) is 2. The smallest absolute Gasteiger partial charge is 0.00670 e. The van der Waals surface area contributed by atoms with Gasteiger partial charge in [-0.3, -0.25) is 0 Å². The predicted octanol–water partition coefficient (Wildman–Crippen LogP) is 2.93. The van der Waals surface area contributed by atoms with Gasteiger partial charge in [-0.2, -0.15) is 0 Å². The zero-order valence-electron chi connectivity index (χ0n) is 10.9. The van der Waals surface area contributed by atoms with Crippen molar-refractivity contribution >= 4 is 0 Å². The summed E-state index contributed by atoms with van der Waals surface area (Å²) in [6.45, 7) is 6.79. The van der Waals surface area contributed by atoms with E-state index in [9.17, 15) is 0 Å². The topological polar surface area (TPSA) is 24.1 Å². The summed E-state index contributed by atoms with van der Waals surface area (Å²) in [4.78, 5) is 0. The second-order valence-electron chi connectivity index (χ2n) is 4.39. The molecule has 0 spiro atoms. The third-order valence-corrected chi connectivity index (χ3v) is 2.82. The van der Waals surface area contributed by atoms with Gasteiger partial charge in [-0.05, 0) is 45.8 Å². The Morgan fingerprint density at radius 1 is 1.00 bits per heavy atom. The molecule has 2 nitrogen and oxygen atoms in total. The molecule has 0 amide bonds. The van der Waals surface area contributed by atoms with Crippen molar-refractivity contribution < 1.29 is 0 Å². The molecule has 0 aromatic heterocycles. The number of unbranched alkanes of at least 4 members (excludes halogenated alkanes) is 1. The Bertz CT molecular complexity index is 105. The zero-order chi connectivity index (χ0) is 11.4. The molecule has 1 saturated carbocycles. The molecule has 1 fully saturated rings. The van der Waals surface area contributed by atoms with Crippen molar-refractivity contribution in [2.45, 2.75) is 64.8 Å². The summed E-state index contributed by atoms with van der Waals surface area (Å²) >= 11 is 0. The second kappa shape index (κ2) is 12.0. The minimum Gasteiger partial charge on any atom is -0.320 e. The SMILES string of the molecule is CCCCNC.CCCNC1CCCC1. The van der Waals surface area contributed by atoms with E-state index in [-0.39, 0.29) is 0 Å². The monoisotopic (exact) mass is 214 g/mol. The van der Waals surface area contributed by atoms with Gasteiger partial charge in [-0.25, -0.2) is 0 Å². The molecule has 0 radical (unpaired) electrons. The highest BCUT2D eigenvalue weighted by molar-refractivity contribution is 4.72. The lowest BCUT2D eigenvalue weighted by molar-refractivity contribution is 0.523. The molecule has 0 heterocycles. The molecular formula is C13H30N2. The molecule has 0 aromatic rings. The predicted molar refractivity (Wildman–Crippen MR) is 69.4 cm³/mol. The summed E-state index contributed by atoms with van der Waals surface area (Å²) in [5.74, 6) is 0. The lowest BCUT2D eigenvalue weighted by atomic mass is 10.2. The van der Waals surface area contributed by atoms with Crippen molar-refractivity contribution in [1.82, 2.24) is 10.6 Å². The average Bonchev–Trinajstić information content (AvgIpc) is 2.77. The van der Waals surface area contributed by atoms with E-state index in [0.717, 1.165) is 12.6 Å². The molecule has 1 aliphatic carbocycles. The quantitative estimate of drug-likeness (QED) is 0.664. The highest BCUT2D eigenvalue weighted by Crippen LogP contribution is 2.17. The molecule has 2 N–H and O–H groups in total. The van der Waals surface area contributed by atoms with Crippen molar-refractivity contribution in [2.75, 3.05) is 20.1 Å². The van der Waals surface area contributed by atoms with Crippen LogP contribution in [0.4, 0.5) is 0 Å². The van der Waals surface area contributed by atoms with Crippen LogP contribution in [0.15, 0.2) is 0 Å². The van der Waals surface area contributed by atoms with E-state index < -0.39 is 0 Å². The number of rotatable bonds is 6. The third kappa shape index (κ3) is 10.2. The first kappa shape index (κ1) is 14.9. The Labute approximate surface area is 96.2 Å². The fourth-order valence-corrected chi connectivity index (χ4v) is 1.83. The normalized spacial score (nSPS) is 16.2. The minimum absolute atomic E-state index is 0.866. The zero-order valence-corrected chi connectivity index (χ0v) is 10.9. The van der Waals surface area contributed by atoms with Crippen LogP contribution in [0.2, 0.25) is 0 Å². The standard InChI is InChI=1S/C8H17N.C5H13N/c1-2-7-9-8-5-3-4-6-8;1-3-4-5-6-2/h8-9H,2-7H2,1H3;6H,3-5H2,1-2H3. The van der Waals surface area contributed by atoms with Crippen LogP contribution in [0, 0.1) is 0 Å². The molecule has 0 saturated heterocycles. The largest absolute Gasteiger partial charge is 0.320 e. The van der Waals surface area contributed by atoms with Crippen LogP contribution in [0.1, 0.15) is 58.8 Å². The first-order valence-corrected chi connectivity index (χ1v) is 6.73. The Kier molecular flexibility index (Phi) is 11.9. The van der Waals surface area contributed by atoms with E-state index in [1.54, 1.807) is 0 Å². The first-order valence-electron chi connectivity index (χ1n) is 6.73. The van der Waals surface area contributed by atoms with Crippen LogP contribution in [0.3, 0.4) is 0 Å². The maximum atomic E-state index is 3.53. The molecule has 0 aliphatic heterocycles. The van der Waals surface area contributed by atoms with Gasteiger partial charge in [-0.15, -0.1) is 0 Å². The molecule has 0 unspecified atom stereocenters. The average molecular weight is 214 g/mol. The Morgan fingerprint density at radius 3 is 2.07 bits per heavy atom. The van der Waals surface area contributed by atoms with Gasteiger partial charge in [0.25, 0.3) is 0 Å². The molecule has 0 aromatic carbocycles. The van der Waals surface area contributed by atoms with Crippen molar-refractivity contribution in [3.8, 4) is 0 Å². The van der Waals surface area contributed by atoms with Crippen molar-refractivity contribution in [3.05, 3.63) is 0 Å². The van der Waals surface area contributed by atoms with Crippen LogP contribution < -0.4 is 10.6 Å². The van der Waals surface area contributed by atoms with E-state index in [1.165, 1.54) is 51.5 Å². The molecule has 92 valence electrons. The molecular weight excluding hydrogens is 184 g/mol. The van der Waals surface area contributed by atoms with E-state index in [0.29, 0.717) is 0 Å². The molecule has 2 heteroatoms. The Balaban J connectivity index is 0.000000288. The highest BCUT2D eigenvalue weighted by Gasteiger charge is 2.12. The highest BCUT2D eigenvalue weighted by atomic mass is 14.9. The van der Waals surface area contributed by atoms with Gasteiger partial charge >= 0.3 is 0 Å². The fraction of sp³-hybridized carbons (Fsp3) is 1.00. The van der Waals surface area contributed by atoms with Crippen LogP contribution in [-0.4, -0.2) is 26.2 Å². The summed E-state index contributed by atoms with van der Waals surface area (Å²) in [5, 5.41) is 6.60. The van der Waals surface area contributed by atoms with E-state index in [1.807, 2.05) is 7.05 Å². The maximum Gasteiger partial charge on any atom is 0.00670 e. The van der Waals surface area contributed by atoms with Crippen LogP contribution in [0.25, 0.3) is 0 Å². The molecule has 1 rings (SSSR count). The number of hydrogen-bond acceptors (Lipinski definition) is 2. The summed E-state index contributed by atoms with van der Waals surface area (Å²) in [7, 11) is 1.98. The Hall–Kier alpha value is -0.0800. The lowest BCUT2D eigenvalue weighted by Crippen LogP contribution is -2.26. The fourth-order valence-electron chi connectivity index (χ4n) is 1.83. The molecule has 1 aliphatic rings. The van der Waals surface area contributed by atoms with Gasteiger partial charge in [-0.1, -0.05) is 33.1 Å². The lowest BCUT2D eigenvalue weighted by Gasteiger charge is -2.09. The maximum absolute atomic E-state index is 3.53. The third-order valence-electron chi connectivity index (χ3n) is 2.82. The van der Waals surface area contributed by atoms with Gasteiger partial charge in [0.15, 0.2) is 0 Å². The van der Waals surface area contributed by atoms with Crippen molar-refractivity contribution in [1.29, 1.82) is 0 Å². The van der Waals surface area contributed by atoms with E-state index in [2.05, 4.69) is 24.5 Å². The number of hydrogen-bond donors (Lipinski definition) is 2. The summed E-state index contributed by atoms with van der Waals surface area (Å²) in [5.41, 5.74) is 0. The second-order valence-corrected chi connectivity index (χ2v) is 4.39. The molecule has 0 atom stereocenters. The van der Waals surface area contributed by atoms with Crippen LogP contribution in [0.5, 0.6) is 0 Å². The molecule has 0 bridgehead atoms. The molecule has 15 heavy (non-hydrogen) atoms. The van der Waals surface area contributed by atoms with E-state index >= 15 is 0 Å². The van der Waals surface area contributed by atoms with Gasteiger partial charge in [0.2, 0.25) is 0 Å². The van der Waals surface area contributed by atoms with Crippen LogP contribution >= 0.6 is 0 Å². The van der Waals surface area contributed by atoms with Crippen molar-refractivity contribution in [2.24, 2.45) is 0 Å².